The van der Waals surface area contributed by atoms with Gasteiger partial charge in [-0.2, -0.15) is 0 Å². The second kappa shape index (κ2) is 56.0. The fourth-order valence-corrected chi connectivity index (χ4v) is 8.39. The zero-order valence-electron chi connectivity index (χ0n) is 44.7. The zero-order valence-corrected chi connectivity index (χ0v) is 44.7. The third-order valence-corrected chi connectivity index (χ3v) is 12.8. The maximum atomic E-state index is 12.8. The molecule has 0 aliphatic rings. The monoisotopic (exact) mass is 939 g/mol. The highest BCUT2D eigenvalue weighted by atomic mass is 16.6. The van der Waals surface area contributed by atoms with Crippen LogP contribution >= 0.6 is 0 Å². The van der Waals surface area contributed by atoms with E-state index >= 15 is 0 Å². The van der Waals surface area contributed by atoms with Crippen molar-refractivity contribution in [3.63, 3.8) is 0 Å². The summed E-state index contributed by atoms with van der Waals surface area (Å²) in [6.07, 6.45) is 68.1. The van der Waals surface area contributed by atoms with Crippen LogP contribution in [0.1, 0.15) is 303 Å². The predicted octanol–water partition coefficient (Wildman–Crippen LogP) is 19.4. The Morgan fingerprint density at radius 1 is 0.299 bits per heavy atom. The summed E-state index contributed by atoms with van der Waals surface area (Å²) in [7, 11) is 0. The molecule has 0 bridgehead atoms. The molecule has 0 spiro atoms. The molecule has 0 heterocycles. The maximum Gasteiger partial charge on any atom is 0.306 e. The molecular weight excluding hydrogens is 829 g/mol. The van der Waals surface area contributed by atoms with Crippen LogP contribution < -0.4 is 0 Å². The summed E-state index contributed by atoms with van der Waals surface area (Å²) in [4.78, 5) is 38.1. The molecule has 1 atom stereocenters. The van der Waals surface area contributed by atoms with E-state index < -0.39 is 6.10 Å². The summed E-state index contributed by atoms with van der Waals surface area (Å²) < 4.78 is 16.9. The van der Waals surface area contributed by atoms with Gasteiger partial charge < -0.3 is 14.2 Å². The van der Waals surface area contributed by atoms with Crippen LogP contribution in [-0.4, -0.2) is 37.2 Å². The Labute approximate surface area is 416 Å². The van der Waals surface area contributed by atoms with Gasteiger partial charge in [0.25, 0.3) is 0 Å². The van der Waals surface area contributed by atoms with Crippen molar-refractivity contribution in [3.8, 4) is 0 Å². The topological polar surface area (TPSA) is 78.9 Å². The van der Waals surface area contributed by atoms with Gasteiger partial charge in [-0.05, 0) is 83.5 Å². The number of esters is 3. The molecule has 0 radical (unpaired) electrons. The second-order valence-electron chi connectivity index (χ2n) is 19.6. The maximum absolute atomic E-state index is 12.8. The Hall–Kier alpha value is -2.63. The summed E-state index contributed by atoms with van der Waals surface area (Å²) in [5.74, 6) is -0.889. The molecule has 0 aromatic carbocycles. The van der Waals surface area contributed by atoms with Crippen LogP contribution in [-0.2, 0) is 28.6 Å². The molecule has 0 amide bonds. The fraction of sp³-hybridized carbons (Fsp3) is 0.820. The molecule has 6 nitrogen and oxygen atoms in total. The number of carbonyl (C=O) groups is 3. The zero-order chi connectivity index (χ0) is 48.6. The van der Waals surface area contributed by atoms with Crippen molar-refractivity contribution in [2.45, 2.75) is 309 Å². The molecule has 0 N–H and O–H groups in total. The molecule has 0 fully saturated rings. The van der Waals surface area contributed by atoms with Crippen molar-refractivity contribution >= 4 is 17.9 Å². The number of hydrogen-bond donors (Lipinski definition) is 0. The molecule has 0 aromatic heterocycles. The Kier molecular flexibility index (Phi) is 53.8. The van der Waals surface area contributed by atoms with E-state index in [1.54, 1.807) is 0 Å². The van der Waals surface area contributed by atoms with E-state index in [9.17, 15) is 14.4 Å². The normalized spacial score (nSPS) is 12.3. The Morgan fingerprint density at radius 2 is 0.537 bits per heavy atom. The number of allylic oxidation sites excluding steroid dienone is 8. The van der Waals surface area contributed by atoms with Crippen molar-refractivity contribution in [2.75, 3.05) is 13.2 Å². The molecule has 0 unspecified atom stereocenters. The van der Waals surface area contributed by atoms with E-state index in [0.717, 1.165) is 83.5 Å². The van der Waals surface area contributed by atoms with Crippen LogP contribution in [0.3, 0.4) is 0 Å². The number of rotatable bonds is 53. The molecule has 6 heteroatoms. The standard InChI is InChI=1S/C61H110O6/c1-4-7-10-13-16-19-22-25-27-29-30-32-33-36-39-42-45-48-51-54-60(63)66-57-58(56-65-59(62)53-50-47-44-41-38-35-24-21-18-15-12-9-6-3)67-61(64)55-52-49-46-43-40-37-34-31-28-26-23-20-17-14-11-8-5-2/h17,20,25-28,34,37,58H,4-16,18-19,21-24,29-33,35-36,38-57H2,1-3H3/b20-17+,27-25+,28-26+,37-34+/t58-/m1/s1. The van der Waals surface area contributed by atoms with Crippen molar-refractivity contribution in [3.05, 3.63) is 48.6 Å². The lowest BCUT2D eigenvalue weighted by atomic mass is 10.0. The van der Waals surface area contributed by atoms with Gasteiger partial charge in [0.1, 0.15) is 13.2 Å². The van der Waals surface area contributed by atoms with E-state index in [1.807, 2.05) is 0 Å². The summed E-state index contributed by atoms with van der Waals surface area (Å²) in [6, 6.07) is 0. The van der Waals surface area contributed by atoms with E-state index in [-0.39, 0.29) is 31.1 Å². The number of ether oxygens (including phenoxy) is 3. The first-order valence-electron chi connectivity index (χ1n) is 29.1. The average Bonchev–Trinajstić information content (AvgIpc) is 3.33. The van der Waals surface area contributed by atoms with Crippen molar-refractivity contribution in [1.29, 1.82) is 0 Å². The van der Waals surface area contributed by atoms with Gasteiger partial charge in [0.15, 0.2) is 6.10 Å². The van der Waals surface area contributed by atoms with E-state index in [0.29, 0.717) is 19.3 Å². The van der Waals surface area contributed by atoms with Gasteiger partial charge in [-0.1, -0.05) is 249 Å². The molecule has 0 aliphatic carbocycles. The lowest BCUT2D eigenvalue weighted by molar-refractivity contribution is -0.167. The first kappa shape index (κ1) is 64.4. The third kappa shape index (κ3) is 54.2. The molecule has 0 saturated heterocycles. The van der Waals surface area contributed by atoms with Gasteiger partial charge in [0.2, 0.25) is 0 Å². The Balaban J connectivity index is 4.37. The SMILES string of the molecule is CCCCC/C=C/C/C=C/C/C=C/CCCCCCC(=O)O[C@@H](COC(=O)CCCCCCCCCCC/C=C/CCCCCCCC)COC(=O)CCCCCCCCCCCCCCC. The minimum Gasteiger partial charge on any atom is -0.462 e. The minimum atomic E-state index is -0.783. The Morgan fingerprint density at radius 3 is 0.881 bits per heavy atom. The summed E-state index contributed by atoms with van der Waals surface area (Å²) in [6.45, 7) is 6.62. The number of unbranched alkanes of at least 4 members (excludes halogenated alkanes) is 34. The summed E-state index contributed by atoms with van der Waals surface area (Å²) in [5, 5.41) is 0. The van der Waals surface area contributed by atoms with Crippen LogP contribution in [0.5, 0.6) is 0 Å². The molecular formula is C61H110O6. The van der Waals surface area contributed by atoms with Gasteiger partial charge in [0, 0.05) is 19.3 Å². The van der Waals surface area contributed by atoms with E-state index in [2.05, 4.69) is 69.4 Å². The average molecular weight is 940 g/mol. The molecule has 67 heavy (non-hydrogen) atoms. The third-order valence-electron chi connectivity index (χ3n) is 12.8. The fourth-order valence-electron chi connectivity index (χ4n) is 8.39. The van der Waals surface area contributed by atoms with Gasteiger partial charge in [0.05, 0.1) is 0 Å². The second-order valence-corrected chi connectivity index (χ2v) is 19.6. The van der Waals surface area contributed by atoms with Gasteiger partial charge in [-0.25, -0.2) is 0 Å². The molecule has 0 aliphatic heterocycles. The molecule has 0 aromatic rings. The van der Waals surface area contributed by atoms with Crippen LogP contribution in [0.15, 0.2) is 48.6 Å². The highest BCUT2D eigenvalue weighted by Gasteiger charge is 2.19. The van der Waals surface area contributed by atoms with Crippen LogP contribution in [0.2, 0.25) is 0 Å². The van der Waals surface area contributed by atoms with Crippen molar-refractivity contribution < 1.29 is 28.6 Å². The number of hydrogen-bond acceptors (Lipinski definition) is 6. The lowest BCUT2D eigenvalue weighted by Crippen LogP contribution is -2.30. The van der Waals surface area contributed by atoms with Crippen LogP contribution in [0.4, 0.5) is 0 Å². The highest BCUT2D eigenvalue weighted by molar-refractivity contribution is 5.71. The Bertz CT molecular complexity index is 1170. The van der Waals surface area contributed by atoms with E-state index in [4.69, 9.17) is 14.2 Å². The minimum absolute atomic E-state index is 0.0798. The first-order valence-corrected chi connectivity index (χ1v) is 29.1. The first-order chi connectivity index (χ1) is 33.0. The largest absolute Gasteiger partial charge is 0.462 e. The highest BCUT2D eigenvalue weighted by Crippen LogP contribution is 2.16. The number of carbonyl (C=O) groups excluding carboxylic acids is 3. The van der Waals surface area contributed by atoms with Crippen LogP contribution in [0.25, 0.3) is 0 Å². The lowest BCUT2D eigenvalue weighted by Gasteiger charge is -2.18. The predicted molar refractivity (Wildman–Crippen MR) is 289 cm³/mol. The molecule has 0 rings (SSSR count). The van der Waals surface area contributed by atoms with Gasteiger partial charge in [-0.15, -0.1) is 0 Å². The van der Waals surface area contributed by atoms with Crippen molar-refractivity contribution in [2.24, 2.45) is 0 Å². The smallest absolute Gasteiger partial charge is 0.306 e. The van der Waals surface area contributed by atoms with Gasteiger partial charge in [-0.3, -0.25) is 14.4 Å². The van der Waals surface area contributed by atoms with Crippen LogP contribution in [0, 0.1) is 0 Å². The molecule has 390 valence electrons. The summed E-state index contributed by atoms with van der Waals surface area (Å²) in [5.41, 5.74) is 0. The quantitative estimate of drug-likeness (QED) is 0.0262. The summed E-state index contributed by atoms with van der Waals surface area (Å²) >= 11 is 0. The molecule has 0 saturated carbocycles. The van der Waals surface area contributed by atoms with E-state index in [1.165, 1.54) is 180 Å². The van der Waals surface area contributed by atoms with Gasteiger partial charge >= 0.3 is 17.9 Å². The van der Waals surface area contributed by atoms with Crippen molar-refractivity contribution in [1.82, 2.24) is 0 Å².